The highest BCUT2D eigenvalue weighted by molar-refractivity contribution is 14.1. The minimum absolute atomic E-state index is 0.122. The molecule has 0 bridgehead atoms. The van der Waals surface area contributed by atoms with Gasteiger partial charge in [0.15, 0.2) is 8.32 Å². The number of alkyl halides is 1. The fraction of sp³-hybridized carbons (Fsp3) is 0.600. The maximum absolute atomic E-state index is 6.43. The largest absolute Gasteiger partial charge is 0.416 e. The van der Waals surface area contributed by atoms with Crippen LogP contribution >= 0.6 is 22.6 Å². The van der Waals surface area contributed by atoms with E-state index in [1.807, 2.05) is 6.07 Å². The Bertz CT molecular complexity index is 551. The van der Waals surface area contributed by atoms with Crippen LogP contribution in [0.2, 0.25) is 18.1 Å². The Morgan fingerprint density at radius 3 is 2.50 bits per heavy atom. The van der Waals surface area contributed by atoms with Gasteiger partial charge in [0, 0.05) is 17.0 Å². The zero-order valence-corrected chi connectivity index (χ0v) is 18.8. The van der Waals surface area contributed by atoms with E-state index in [2.05, 4.69) is 92.9 Å². The van der Waals surface area contributed by atoms with Gasteiger partial charge in [-0.1, -0.05) is 85.8 Å². The molecule has 0 saturated heterocycles. The Balaban J connectivity index is 2.00. The van der Waals surface area contributed by atoms with Crippen LogP contribution in [0, 0.1) is 5.92 Å². The Labute approximate surface area is 162 Å². The Morgan fingerprint density at radius 2 is 1.92 bits per heavy atom. The summed E-state index contributed by atoms with van der Waals surface area (Å²) in [6, 6.07) is 10.5. The zero-order valence-electron chi connectivity index (χ0n) is 15.6. The van der Waals surface area contributed by atoms with Gasteiger partial charge < -0.3 is 9.16 Å². The van der Waals surface area contributed by atoms with E-state index in [1.165, 1.54) is 5.56 Å². The van der Waals surface area contributed by atoms with Crippen LogP contribution in [0.4, 0.5) is 0 Å². The summed E-state index contributed by atoms with van der Waals surface area (Å²) >= 11 is 2.37. The first-order valence-electron chi connectivity index (χ1n) is 8.78. The molecule has 4 heteroatoms. The fourth-order valence-corrected chi connectivity index (χ4v) is 3.78. The minimum atomic E-state index is -1.69. The normalized spacial score (nSPS) is 24.5. The van der Waals surface area contributed by atoms with Crippen LogP contribution in [0.25, 0.3) is 6.08 Å². The third-order valence-electron chi connectivity index (χ3n) is 5.35. The molecule has 2 atom stereocenters. The highest BCUT2D eigenvalue weighted by Crippen LogP contribution is 2.50. The Kier molecular flexibility index (Phi) is 6.73. The molecule has 2 rings (SSSR count). The molecule has 1 aliphatic rings. The summed E-state index contributed by atoms with van der Waals surface area (Å²) in [5.41, 5.74) is 1.11. The first kappa shape index (κ1) is 20.1. The van der Waals surface area contributed by atoms with Crippen LogP contribution in [0.1, 0.15) is 32.8 Å². The quantitative estimate of drug-likeness (QED) is 0.273. The van der Waals surface area contributed by atoms with E-state index in [1.54, 1.807) is 0 Å². The lowest BCUT2D eigenvalue weighted by molar-refractivity contribution is 0.0603. The molecule has 1 fully saturated rings. The number of ether oxygens (including phenoxy) is 1. The van der Waals surface area contributed by atoms with Crippen molar-refractivity contribution in [1.82, 2.24) is 0 Å². The van der Waals surface area contributed by atoms with Crippen molar-refractivity contribution in [1.29, 1.82) is 0 Å². The van der Waals surface area contributed by atoms with E-state index < -0.39 is 8.32 Å². The molecule has 24 heavy (non-hydrogen) atoms. The van der Waals surface area contributed by atoms with Gasteiger partial charge in [-0.3, -0.25) is 0 Å². The highest BCUT2D eigenvalue weighted by atomic mass is 127. The van der Waals surface area contributed by atoms with E-state index >= 15 is 0 Å². The van der Waals surface area contributed by atoms with Gasteiger partial charge in [0.25, 0.3) is 0 Å². The molecule has 0 spiro atoms. The number of hydrogen-bond donors (Lipinski definition) is 0. The lowest BCUT2D eigenvalue weighted by atomic mass is 10.1. The highest BCUT2D eigenvalue weighted by Gasteiger charge is 2.54. The molecule has 1 aromatic rings. The zero-order chi connectivity index (χ0) is 17.8. The van der Waals surface area contributed by atoms with E-state index in [4.69, 9.17) is 9.16 Å². The van der Waals surface area contributed by atoms with Gasteiger partial charge in [-0.05, 0) is 30.1 Å². The van der Waals surface area contributed by atoms with Crippen molar-refractivity contribution < 1.29 is 9.16 Å². The molecule has 0 amide bonds. The third kappa shape index (κ3) is 5.16. The number of benzene rings is 1. The van der Waals surface area contributed by atoms with Gasteiger partial charge >= 0.3 is 0 Å². The van der Waals surface area contributed by atoms with E-state index in [9.17, 15) is 0 Å². The maximum Gasteiger partial charge on any atom is 0.191 e. The van der Waals surface area contributed by atoms with Crippen molar-refractivity contribution in [2.24, 2.45) is 5.92 Å². The molecule has 0 N–H and O–H groups in total. The lowest BCUT2D eigenvalue weighted by Crippen LogP contribution is -2.41. The maximum atomic E-state index is 6.43. The number of hydrogen-bond acceptors (Lipinski definition) is 2. The van der Waals surface area contributed by atoms with E-state index in [0.29, 0.717) is 5.92 Å². The van der Waals surface area contributed by atoms with Gasteiger partial charge in [0.1, 0.15) is 0 Å². The second kappa shape index (κ2) is 8.02. The summed E-state index contributed by atoms with van der Waals surface area (Å²) in [6.45, 7) is 13.1. The van der Waals surface area contributed by atoms with E-state index in [0.717, 1.165) is 24.1 Å². The van der Waals surface area contributed by atoms with Gasteiger partial charge in [-0.15, -0.1) is 0 Å². The van der Waals surface area contributed by atoms with Gasteiger partial charge in [-0.25, -0.2) is 0 Å². The predicted octanol–water partition coefficient (Wildman–Crippen LogP) is 5.93. The summed E-state index contributed by atoms with van der Waals surface area (Å²) in [6.07, 6.45) is 5.52. The minimum Gasteiger partial charge on any atom is -0.416 e. The van der Waals surface area contributed by atoms with Crippen molar-refractivity contribution in [2.75, 3.05) is 17.6 Å². The van der Waals surface area contributed by atoms with Crippen molar-refractivity contribution in [2.45, 2.75) is 50.9 Å². The monoisotopic (exact) mass is 458 g/mol. The molecule has 134 valence electrons. The Hall–Kier alpha value is -0.173. The van der Waals surface area contributed by atoms with Crippen LogP contribution in [0.5, 0.6) is 0 Å². The van der Waals surface area contributed by atoms with Crippen LogP contribution in [0.15, 0.2) is 36.4 Å². The van der Waals surface area contributed by atoms with Crippen LogP contribution in [-0.2, 0) is 9.16 Å². The summed E-state index contributed by atoms with van der Waals surface area (Å²) < 4.78 is 13.7. The van der Waals surface area contributed by atoms with Crippen molar-refractivity contribution in [3.05, 3.63) is 42.0 Å². The van der Waals surface area contributed by atoms with E-state index in [-0.39, 0.29) is 10.6 Å². The molecule has 1 aliphatic carbocycles. The standard InChI is InChI=1S/C20H31IO2Si/c1-19(2,3)24(4,5)23-16-18-15-20(18,22-14-13-21)12-11-17-9-7-6-8-10-17/h6-12,18H,13-16H2,1-5H3/b12-11+/t18-,20-/m1/s1. The van der Waals surface area contributed by atoms with Crippen molar-refractivity contribution in [3.63, 3.8) is 0 Å². The smallest absolute Gasteiger partial charge is 0.191 e. The van der Waals surface area contributed by atoms with Gasteiger partial charge in [0.2, 0.25) is 0 Å². The van der Waals surface area contributed by atoms with Crippen molar-refractivity contribution in [3.8, 4) is 0 Å². The van der Waals surface area contributed by atoms with Gasteiger partial charge in [0.05, 0.1) is 12.2 Å². The van der Waals surface area contributed by atoms with Gasteiger partial charge in [-0.2, -0.15) is 0 Å². The molecule has 0 heterocycles. The summed E-state index contributed by atoms with van der Waals surface area (Å²) in [5.74, 6) is 0.481. The number of rotatable bonds is 8. The SMILES string of the molecule is CC(C)(C)[Si](C)(C)OC[C@H]1C[C@@]1(/C=C/c1ccccc1)OCCI. The van der Waals surface area contributed by atoms with Crippen LogP contribution < -0.4 is 0 Å². The topological polar surface area (TPSA) is 18.5 Å². The average molecular weight is 458 g/mol. The molecular formula is C20H31IO2Si. The number of halogens is 1. The molecule has 0 aliphatic heterocycles. The van der Waals surface area contributed by atoms with Crippen LogP contribution in [-0.4, -0.2) is 31.6 Å². The molecular weight excluding hydrogens is 427 g/mol. The second-order valence-corrected chi connectivity index (χ2v) is 14.1. The summed E-state index contributed by atoms with van der Waals surface area (Å²) in [4.78, 5) is 0. The fourth-order valence-electron chi connectivity index (χ4n) is 2.51. The predicted molar refractivity (Wildman–Crippen MR) is 114 cm³/mol. The molecule has 2 nitrogen and oxygen atoms in total. The first-order valence-corrected chi connectivity index (χ1v) is 13.2. The summed E-state index contributed by atoms with van der Waals surface area (Å²) in [5, 5.41) is 0.257. The molecule has 0 unspecified atom stereocenters. The lowest BCUT2D eigenvalue weighted by Gasteiger charge is -2.36. The summed E-state index contributed by atoms with van der Waals surface area (Å²) in [7, 11) is -1.69. The average Bonchev–Trinajstić information content (AvgIpc) is 3.23. The molecule has 1 saturated carbocycles. The molecule has 0 aromatic heterocycles. The molecule has 0 radical (unpaired) electrons. The van der Waals surface area contributed by atoms with Crippen molar-refractivity contribution >= 4 is 37.0 Å². The second-order valence-electron chi connectivity index (χ2n) is 8.21. The third-order valence-corrected chi connectivity index (χ3v) is 10.3. The first-order chi connectivity index (χ1) is 11.2. The van der Waals surface area contributed by atoms with Crippen LogP contribution in [0.3, 0.4) is 0 Å². The Morgan fingerprint density at radius 1 is 1.25 bits per heavy atom. The molecule has 1 aromatic carbocycles.